The van der Waals surface area contributed by atoms with Crippen molar-refractivity contribution < 1.29 is 58.0 Å². The number of aliphatic hydroxyl groups is 3. The molecule has 5 fully saturated rings. The molecule has 0 aromatic carbocycles. The molecule has 5 aliphatic heterocycles. The molecule has 5 heterocycles. The Morgan fingerprint density at radius 2 is 1.66 bits per heavy atom. The Balaban J connectivity index is 1.26. The van der Waals surface area contributed by atoms with Crippen molar-refractivity contribution >= 4 is 5.97 Å². The first-order valence-corrected chi connectivity index (χ1v) is 21.1. The maximum absolute atomic E-state index is 14.4. The second kappa shape index (κ2) is 17.3. The number of fused-ring (bicyclic) bond motifs is 2. The Kier molecular flexibility index (Phi) is 13.0. The van der Waals surface area contributed by atoms with Gasteiger partial charge in [0.2, 0.25) is 0 Å². The van der Waals surface area contributed by atoms with Crippen LogP contribution in [-0.2, 0) is 42.7 Å². The molecule has 4 saturated heterocycles. The van der Waals surface area contributed by atoms with Crippen LogP contribution in [0.1, 0.15) is 98.8 Å². The molecular weight excluding hydrogens is 720 g/mol. The molecule has 2 aliphatic carbocycles. The van der Waals surface area contributed by atoms with Gasteiger partial charge in [-0.3, -0.25) is 4.79 Å². The van der Waals surface area contributed by atoms with Crippen LogP contribution < -0.4 is 0 Å². The number of carbonyl (C=O) groups is 1. The Morgan fingerprint density at radius 3 is 2.39 bits per heavy atom. The SMILES string of the molecule is CO[C@H]1C[C@]2(C[C@@H]3C[C@@H](C/C=C(/C)[C@@H](O[C@H]4C[C@H](OC)[C@@H](O)[C@H](C)O4)[C@@H](C)/C=C\C=C4CO[C@@H]5[C@H](O)C(C)=C[C@@H](C(=O)O3)[C@]45O)O2)O[C@H](C2CCCCC2)[C@H]1C. The first-order chi connectivity index (χ1) is 26.8. The van der Waals surface area contributed by atoms with Gasteiger partial charge in [-0.25, -0.2) is 0 Å². The molecule has 0 aromatic rings. The maximum atomic E-state index is 14.4. The lowest BCUT2D eigenvalue weighted by molar-refractivity contribution is -0.357. The average Bonchev–Trinajstić information content (AvgIpc) is 3.52. The molecule has 1 saturated carbocycles. The number of rotatable bonds is 5. The molecule has 1 spiro atoms. The molecule has 0 radical (unpaired) electrons. The van der Waals surface area contributed by atoms with Crippen LogP contribution >= 0.6 is 0 Å². The van der Waals surface area contributed by atoms with E-state index in [1.807, 2.05) is 26.0 Å². The number of ether oxygens (including phenoxy) is 8. The first-order valence-electron chi connectivity index (χ1n) is 21.1. The second-order valence-electron chi connectivity index (χ2n) is 17.8. The number of methoxy groups -OCH3 is 2. The predicted molar refractivity (Wildman–Crippen MR) is 206 cm³/mol. The van der Waals surface area contributed by atoms with E-state index in [-0.39, 0.29) is 36.8 Å². The summed E-state index contributed by atoms with van der Waals surface area (Å²) in [4.78, 5) is 14.4. The molecule has 314 valence electrons. The van der Waals surface area contributed by atoms with E-state index in [1.54, 1.807) is 33.3 Å². The highest BCUT2D eigenvalue weighted by Gasteiger charge is 2.60. The van der Waals surface area contributed by atoms with E-state index in [0.29, 0.717) is 49.2 Å². The van der Waals surface area contributed by atoms with E-state index >= 15 is 0 Å². The van der Waals surface area contributed by atoms with Crippen LogP contribution in [0.2, 0.25) is 0 Å². The van der Waals surface area contributed by atoms with Gasteiger partial charge in [0.25, 0.3) is 0 Å². The minimum absolute atomic E-state index is 0.0463. The van der Waals surface area contributed by atoms with E-state index in [9.17, 15) is 20.1 Å². The fourth-order valence-corrected chi connectivity index (χ4v) is 10.7. The quantitative estimate of drug-likeness (QED) is 0.248. The van der Waals surface area contributed by atoms with Gasteiger partial charge < -0.3 is 53.2 Å². The zero-order valence-corrected chi connectivity index (χ0v) is 34.3. The van der Waals surface area contributed by atoms with Crippen LogP contribution in [-0.4, -0.2) is 121 Å². The van der Waals surface area contributed by atoms with Gasteiger partial charge in [0.05, 0.1) is 43.2 Å². The third kappa shape index (κ3) is 8.27. The lowest BCUT2D eigenvalue weighted by Crippen LogP contribution is -2.60. The highest BCUT2D eigenvalue weighted by Crippen LogP contribution is 2.49. The lowest BCUT2D eigenvalue weighted by Gasteiger charge is -2.53. The van der Waals surface area contributed by atoms with Crippen molar-refractivity contribution in [3.63, 3.8) is 0 Å². The molecule has 0 aromatic heterocycles. The number of hydrogen-bond donors (Lipinski definition) is 3. The highest BCUT2D eigenvalue weighted by molar-refractivity contribution is 5.78. The van der Waals surface area contributed by atoms with E-state index in [1.165, 1.54) is 19.3 Å². The predicted octanol–water partition coefficient (Wildman–Crippen LogP) is 5.23. The molecular formula is C44H66O12. The summed E-state index contributed by atoms with van der Waals surface area (Å²) >= 11 is 0. The first kappa shape index (κ1) is 42.2. The molecule has 12 nitrogen and oxygen atoms in total. The molecule has 12 heteroatoms. The minimum Gasteiger partial charge on any atom is -0.462 e. The fourth-order valence-electron chi connectivity index (χ4n) is 10.7. The van der Waals surface area contributed by atoms with Gasteiger partial charge in [0.1, 0.15) is 35.9 Å². The van der Waals surface area contributed by atoms with Crippen molar-refractivity contribution in [2.75, 3.05) is 20.8 Å². The highest BCUT2D eigenvalue weighted by atomic mass is 16.7. The van der Waals surface area contributed by atoms with Crippen molar-refractivity contribution in [1.29, 1.82) is 0 Å². The molecule has 7 rings (SSSR count). The van der Waals surface area contributed by atoms with Crippen molar-refractivity contribution in [2.45, 2.75) is 178 Å². The van der Waals surface area contributed by atoms with Crippen LogP contribution in [0, 0.1) is 23.7 Å². The van der Waals surface area contributed by atoms with Crippen molar-refractivity contribution in [1.82, 2.24) is 0 Å². The Bertz CT molecular complexity index is 1520. The van der Waals surface area contributed by atoms with Crippen molar-refractivity contribution in [3.8, 4) is 0 Å². The summed E-state index contributed by atoms with van der Waals surface area (Å²) in [6.45, 7) is 9.93. The number of aliphatic hydroxyl groups excluding tert-OH is 2. The third-order valence-corrected chi connectivity index (χ3v) is 14.0. The molecule has 16 atom stereocenters. The third-order valence-electron chi connectivity index (χ3n) is 14.0. The van der Waals surface area contributed by atoms with Crippen LogP contribution in [0.15, 0.2) is 47.1 Å². The topological polar surface area (TPSA) is 152 Å². The molecule has 0 amide bonds. The maximum Gasteiger partial charge on any atom is 0.316 e. The number of carbonyl (C=O) groups excluding carboxylic acids is 1. The summed E-state index contributed by atoms with van der Waals surface area (Å²) in [6, 6.07) is 0. The molecule has 3 N–H and O–H groups in total. The Morgan fingerprint density at radius 1 is 0.911 bits per heavy atom. The molecule has 2 bridgehead atoms. The zero-order valence-electron chi connectivity index (χ0n) is 34.3. The standard InChI is InChI=1S/C44H66O12/c1-24-12-11-15-30-23-51-41-37(45)26(3)18-33(44(30,41)48)42(47)53-32-19-31(17-16-25(2)39(24)54-36-20-34(49-6)38(46)28(5)52-36)55-43(21-32)22-35(50-7)27(4)40(56-43)29-13-9-8-10-14-29/h11-12,15-16,18,24,27-29,31-41,45-46,48H,8-10,13-14,17,19-23H2,1-7H3/b12-11-,25-16-,30-15?/t24-,27-,28-,31+,32-,33-,34-,35-,36-,37+,38-,39-,40-,41+,43-,44+/m0/s1. The van der Waals surface area contributed by atoms with Crippen molar-refractivity contribution in [3.05, 3.63) is 47.1 Å². The monoisotopic (exact) mass is 786 g/mol. The molecule has 7 aliphatic rings. The molecule has 56 heavy (non-hydrogen) atoms. The van der Waals surface area contributed by atoms with E-state index in [0.717, 1.165) is 18.4 Å². The Labute approximate surface area is 332 Å². The minimum atomic E-state index is -1.82. The second-order valence-corrected chi connectivity index (χ2v) is 17.8. The largest absolute Gasteiger partial charge is 0.462 e. The van der Waals surface area contributed by atoms with Gasteiger partial charge >= 0.3 is 5.97 Å². The van der Waals surface area contributed by atoms with Gasteiger partial charge in [0.15, 0.2) is 12.1 Å². The smallest absolute Gasteiger partial charge is 0.316 e. The summed E-state index contributed by atoms with van der Waals surface area (Å²) in [7, 11) is 3.34. The van der Waals surface area contributed by atoms with Crippen LogP contribution in [0.4, 0.5) is 0 Å². The van der Waals surface area contributed by atoms with Gasteiger partial charge in [-0.05, 0) is 62.7 Å². The van der Waals surface area contributed by atoms with E-state index in [4.69, 9.17) is 37.9 Å². The van der Waals surface area contributed by atoms with Gasteiger partial charge in [-0.1, -0.05) is 63.5 Å². The zero-order chi connectivity index (χ0) is 39.9. The Hall–Kier alpha value is -1.97. The van der Waals surface area contributed by atoms with E-state index in [2.05, 4.69) is 19.9 Å². The molecule has 0 unspecified atom stereocenters. The van der Waals surface area contributed by atoms with Crippen LogP contribution in [0.25, 0.3) is 0 Å². The normalized spacial score (nSPS) is 48.2. The summed E-state index contributed by atoms with van der Waals surface area (Å²) < 4.78 is 51.3. The lowest BCUT2D eigenvalue weighted by atomic mass is 9.71. The van der Waals surface area contributed by atoms with Gasteiger partial charge in [-0.2, -0.15) is 0 Å². The number of esters is 1. The van der Waals surface area contributed by atoms with Gasteiger partial charge in [-0.15, -0.1) is 0 Å². The van der Waals surface area contributed by atoms with Crippen LogP contribution in [0.3, 0.4) is 0 Å². The summed E-state index contributed by atoms with van der Waals surface area (Å²) in [5, 5.41) is 34.3. The summed E-state index contributed by atoms with van der Waals surface area (Å²) in [5.41, 5.74) is 0.189. The average molecular weight is 787 g/mol. The van der Waals surface area contributed by atoms with Crippen LogP contribution in [0.5, 0.6) is 0 Å². The fraction of sp³-hybridized carbons (Fsp3) is 0.795. The summed E-state index contributed by atoms with van der Waals surface area (Å²) in [6.07, 6.45) is 11.4. The number of hydrogen-bond acceptors (Lipinski definition) is 12. The summed E-state index contributed by atoms with van der Waals surface area (Å²) in [5.74, 6) is -2.31. The number of allylic oxidation sites excluding steroid dienone is 2. The van der Waals surface area contributed by atoms with Gasteiger partial charge in [0, 0.05) is 51.7 Å². The van der Waals surface area contributed by atoms with Crippen molar-refractivity contribution in [2.24, 2.45) is 23.7 Å². The van der Waals surface area contributed by atoms with E-state index < -0.39 is 72.3 Å².